The highest BCUT2D eigenvalue weighted by atomic mass is 32.1. The molecule has 0 atom stereocenters. The second-order valence-corrected chi connectivity index (χ2v) is 4.16. The number of rotatable bonds is 4. The van der Waals surface area contributed by atoms with Crippen LogP contribution in [0.2, 0.25) is 0 Å². The van der Waals surface area contributed by atoms with Crippen molar-refractivity contribution in [2.75, 3.05) is 6.61 Å². The number of nitrogens with zero attached hydrogens (tertiary/aromatic N) is 3. The van der Waals surface area contributed by atoms with E-state index < -0.39 is 5.97 Å². The Morgan fingerprint density at radius 3 is 2.84 bits per heavy atom. The monoisotopic (exact) mass is 275 g/mol. The molecule has 6 nitrogen and oxygen atoms in total. The van der Waals surface area contributed by atoms with Gasteiger partial charge in [0.05, 0.1) is 27.4 Å². The van der Waals surface area contributed by atoms with E-state index in [1.807, 2.05) is 30.3 Å². The molecular weight excluding hydrogens is 264 g/mol. The summed E-state index contributed by atoms with van der Waals surface area (Å²) in [7, 11) is 0. The van der Waals surface area contributed by atoms with Crippen molar-refractivity contribution < 1.29 is 14.3 Å². The van der Waals surface area contributed by atoms with Crippen LogP contribution in [0.3, 0.4) is 0 Å². The number of carbonyl (C=O) groups is 1. The highest BCUT2D eigenvalue weighted by molar-refractivity contribution is 7.06. The molecule has 19 heavy (non-hydrogen) atoms. The molecule has 0 aliphatic heterocycles. The van der Waals surface area contributed by atoms with Crippen molar-refractivity contribution in [3.05, 3.63) is 35.3 Å². The summed E-state index contributed by atoms with van der Waals surface area (Å²) in [6, 6.07) is 9.30. The van der Waals surface area contributed by atoms with Crippen LogP contribution >= 0.6 is 11.5 Å². The van der Waals surface area contributed by atoms with Crippen LogP contribution in [0.1, 0.15) is 11.9 Å². The van der Waals surface area contributed by atoms with E-state index in [-0.39, 0.29) is 12.2 Å². The summed E-state index contributed by atoms with van der Waals surface area (Å²) in [5, 5.41) is 11.6. The molecule has 1 aromatic heterocycles. The van der Waals surface area contributed by atoms with Gasteiger partial charge < -0.3 is 4.74 Å². The first-order valence-electron chi connectivity index (χ1n) is 5.55. The maximum Gasteiger partial charge on any atom is 0.351 e. The second-order valence-electron chi connectivity index (χ2n) is 3.42. The molecule has 1 aromatic carbocycles. The first kappa shape index (κ1) is 13.1. The van der Waals surface area contributed by atoms with Crippen molar-refractivity contribution in [3.8, 4) is 5.69 Å². The lowest BCUT2D eigenvalue weighted by molar-refractivity contribution is -0.710. The van der Waals surface area contributed by atoms with Gasteiger partial charge in [-0.2, -0.15) is 0 Å². The molecule has 0 spiro atoms. The van der Waals surface area contributed by atoms with Gasteiger partial charge in [0.25, 0.3) is 5.69 Å². The summed E-state index contributed by atoms with van der Waals surface area (Å²) in [6.07, 6.45) is 0. The van der Waals surface area contributed by atoms with Crippen molar-refractivity contribution in [3.63, 3.8) is 0 Å². The number of carbonyl (C=O) groups excluding carboxylic acids is 1. The molecule has 0 unspecified atom stereocenters. The number of hydrogen-bond acceptors (Lipinski definition) is 6. The molecule has 0 amide bonds. The lowest BCUT2D eigenvalue weighted by Gasteiger charge is -1.97. The van der Waals surface area contributed by atoms with Crippen LogP contribution in [-0.2, 0) is 9.53 Å². The van der Waals surface area contributed by atoms with Crippen molar-refractivity contribution in [2.24, 2.45) is 0 Å². The van der Waals surface area contributed by atoms with Crippen LogP contribution in [0, 0.1) is 5.41 Å². The Bertz CT molecular complexity index is 632. The Kier molecular flexibility index (Phi) is 4.12. The summed E-state index contributed by atoms with van der Waals surface area (Å²) < 4.78 is 8.93. The van der Waals surface area contributed by atoms with Gasteiger partial charge in [0.2, 0.25) is 5.01 Å². The SMILES string of the molecule is CCOC(=O)C(=C=N)c1n[n+](-c2ccccc2)ns1. The van der Waals surface area contributed by atoms with Crippen molar-refractivity contribution in [2.45, 2.75) is 6.92 Å². The smallest absolute Gasteiger partial charge is 0.351 e. The average molecular weight is 275 g/mol. The van der Waals surface area contributed by atoms with E-state index in [9.17, 15) is 4.79 Å². The van der Waals surface area contributed by atoms with E-state index >= 15 is 0 Å². The molecule has 0 saturated carbocycles. The topological polar surface area (TPSA) is 79.8 Å². The first-order valence-corrected chi connectivity index (χ1v) is 6.32. The van der Waals surface area contributed by atoms with Gasteiger partial charge in [0.1, 0.15) is 0 Å². The first-order chi connectivity index (χ1) is 9.26. The molecule has 1 heterocycles. The zero-order valence-electron chi connectivity index (χ0n) is 10.2. The Hall–Kier alpha value is -2.37. The largest absolute Gasteiger partial charge is 0.462 e. The van der Waals surface area contributed by atoms with Gasteiger partial charge in [0.15, 0.2) is 5.57 Å². The molecule has 7 heteroatoms. The van der Waals surface area contributed by atoms with Gasteiger partial charge in [-0.05, 0) is 12.8 Å². The summed E-state index contributed by atoms with van der Waals surface area (Å²) in [6.45, 7) is 1.94. The Labute approximate surface area is 113 Å². The highest BCUT2D eigenvalue weighted by Gasteiger charge is 2.23. The maximum absolute atomic E-state index is 11.6. The van der Waals surface area contributed by atoms with Crippen LogP contribution < -0.4 is 4.80 Å². The standard InChI is InChI=1S/C12H11N4O2S/c1-2-18-12(17)10(8-13)11-14-16(15-19-11)9-6-4-3-5-7-9/h3-7,13H,2H2,1H3/q+1. The molecule has 0 fully saturated rings. The predicted molar refractivity (Wildman–Crippen MR) is 69.2 cm³/mol. The summed E-state index contributed by atoms with van der Waals surface area (Å²) in [4.78, 5) is 13.0. The minimum absolute atomic E-state index is 0.0194. The third-order valence-corrected chi connectivity index (χ3v) is 2.89. The number of esters is 1. The van der Waals surface area contributed by atoms with Crippen LogP contribution in [0.5, 0.6) is 0 Å². The Morgan fingerprint density at radius 2 is 2.21 bits per heavy atom. The average Bonchev–Trinajstić information content (AvgIpc) is 2.90. The molecule has 1 N–H and O–H groups in total. The van der Waals surface area contributed by atoms with Crippen LogP contribution in [0.4, 0.5) is 0 Å². The van der Waals surface area contributed by atoms with Crippen LogP contribution in [0.15, 0.2) is 30.3 Å². The molecular formula is C12H11N4O2S+. The molecule has 96 valence electrons. The van der Waals surface area contributed by atoms with E-state index in [1.165, 1.54) is 4.80 Å². The van der Waals surface area contributed by atoms with Crippen molar-refractivity contribution in [1.82, 2.24) is 9.59 Å². The minimum atomic E-state index is -0.617. The molecule has 0 bridgehead atoms. The van der Waals surface area contributed by atoms with E-state index in [0.717, 1.165) is 17.2 Å². The number of ether oxygens (including phenoxy) is 1. The van der Waals surface area contributed by atoms with E-state index in [4.69, 9.17) is 10.1 Å². The van der Waals surface area contributed by atoms with Gasteiger partial charge in [-0.25, -0.2) is 4.79 Å². The summed E-state index contributed by atoms with van der Waals surface area (Å²) in [5.74, 6) is 1.44. The molecule has 2 aromatic rings. The molecule has 0 aliphatic carbocycles. The summed E-state index contributed by atoms with van der Waals surface area (Å²) >= 11 is 1.01. The van der Waals surface area contributed by atoms with Crippen molar-refractivity contribution >= 4 is 28.9 Å². The third kappa shape index (κ3) is 2.90. The number of benzene rings is 1. The van der Waals surface area contributed by atoms with Gasteiger partial charge >= 0.3 is 5.97 Å². The number of aromatic nitrogens is 3. The number of nitrogens with one attached hydrogen (secondary N) is 1. The lowest BCUT2D eigenvalue weighted by Crippen LogP contribution is -2.35. The van der Waals surface area contributed by atoms with Gasteiger partial charge in [-0.1, -0.05) is 18.2 Å². The van der Waals surface area contributed by atoms with Crippen LogP contribution in [-0.4, -0.2) is 28.0 Å². The van der Waals surface area contributed by atoms with Gasteiger partial charge in [-0.15, -0.1) is 0 Å². The fourth-order valence-electron chi connectivity index (χ4n) is 1.36. The Balaban J connectivity index is 2.31. The molecule has 0 aliphatic rings. The summed E-state index contributed by atoms with van der Waals surface area (Å²) in [5.41, 5.74) is 0.757. The minimum Gasteiger partial charge on any atom is -0.462 e. The highest BCUT2D eigenvalue weighted by Crippen LogP contribution is 2.12. The molecule has 0 radical (unpaired) electrons. The lowest BCUT2D eigenvalue weighted by atomic mass is 10.3. The Morgan fingerprint density at radius 1 is 1.47 bits per heavy atom. The maximum atomic E-state index is 11.6. The second kappa shape index (κ2) is 5.99. The normalized spacial score (nSPS) is 9.74. The molecule has 0 saturated heterocycles. The van der Waals surface area contributed by atoms with Gasteiger partial charge in [0, 0.05) is 17.2 Å². The van der Waals surface area contributed by atoms with E-state index in [0.29, 0.717) is 5.01 Å². The van der Waals surface area contributed by atoms with Crippen LogP contribution in [0.25, 0.3) is 11.3 Å². The van der Waals surface area contributed by atoms with Crippen molar-refractivity contribution in [1.29, 1.82) is 5.41 Å². The zero-order valence-corrected chi connectivity index (χ0v) is 11.0. The van der Waals surface area contributed by atoms with E-state index in [2.05, 4.69) is 15.5 Å². The predicted octanol–water partition coefficient (Wildman–Crippen LogP) is 1.01. The number of hydrogen-bond donors (Lipinski definition) is 1. The number of para-hydroxylation sites is 1. The van der Waals surface area contributed by atoms with Gasteiger partial charge in [-0.3, -0.25) is 5.41 Å². The van der Waals surface area contributed by atoms with E-state index in [1.54, 1.807) is 6.92 Å². The molecule has 2 rings (SSSR count). The fraction of sp³-hybridized carbons (Fsp3) is 0.167. The fourth-order valence-corrected chi connectivity index (χ4v) is 1.98. The third-order valence-electron chi connectivity index (χ3n) is 2.20. The zero-order chi connectivity index (χ0) is 13.7. The quantitative estimate of drug-likeness (QED) is 0.391.